The van der Waals surface area contributed by atoms with Gasteiger partial charge < -0.3 is 9.84 Å². The molecule has 11 heavy (non-hydrogen) atoms. The maximum Gasteiger partial charge on any atom is 0.342 e. The molecule has 4 heteroatoms. The van der Waals surface area contributed by atoms with Crippen molar-refractivity contribution in [1.29, 1.82) is 0 Å². The minimum atomic E-state index is -1.21. The molecule has 0 amide bonds. The first kappa shape index (κ1) is 10.1. The van der Waals surface area contributed by atoms with Crippen molar-refractivity contribution in [2.24, 2.45) is 5.92 Å². The fourth-order valence-corrected chi connectivity index (χ4v) is 0.474. The van der Waals surface area contributed by atoms with Crippen LogP contribution in [0.3, 0.4) is 0 Å². The van der Waals surface area contributed by atoms with Crippen molar-refractivity contribution in [1.82, 2.24) is 0 Å². The number of aliphatic hydroxyl groups excluding tert-OH is 1. The third-order valence-corrected chi connectivity index (χ3v) is 1.12. The highest BCUT2D eigenvalue weighted by atomic mass is 16.6. The Morgan fingerprint density at radius 3 is 2.09 bits per heavy atom. The van der Waals surface area contributed by atoms with E-state index in [-0.39, 0.29) is 5.92 Å². The van der Waals surface area contributed by atoms with E-state index in [0.717, 1.165) is 6.92 Å². The molecule has 0 aliphatic carbocycles. The molecule has 0 radical (unpaired) electrons. The van der Waals surface area contributed by atoms with E-state index in [0.29, 0.717) is 0 Å². The minimum absolute atomic E-state index is 0.234. The van der Waals surface area contributed by atoms with Crippen LogP contribution in [0.5, 0.6) is 0 Å². The second-order valence-corrected chi connectivity index (χ2v) is 2.60. The van der Waals surface area contributed by atoms with Gasteiger partial charge in [-0.25, -0.2) is 4.79 Å². The standard InChI is InChI=1S/C7H12O4/c1-4(2)6(9)7(10)11-5(3)8/h4,6,9H,1-3H3. The predicted octanol–water partition coefficient (Wildman–Crippen LogP) is 0.0930. The Morgan fingerprint density at radius 2 is 1.82 bits per heavy atom. The molecule has 0 heterocycles. The molecule has 0 bridgehead atoms. The van der Waals surface area contributed by atoms with Gasteiger partial charge in [-0.3, -0.25) is 4.79 Å². The summed E-state index contributed by atoms with van der Waals surface area (Å²) in [5, 5.41) is 9.02. The summed E-state index contributed by atoms with van der Waals surface area (Å²) in [6.07, 6.45) is -1.21. The SMILES string of the molecule is CC(=O)OC(=O)C(O)C(C)C. The van der Waals surface area contributed by atoms with Gasteiger partial charge in [0.05, 0.1) is 0 Å². The Labute approximate surface area is 65.2 Å². The van der Waals surface area contributed by atoms with Crippen LogP contribution < -0.4 is 0 Å². The van der Waals surface area contributed by atoms with Gasteiger partial charge in [-0.2, -0.15) is 0 Å². The molecule has 1 N–H and O–H groups in total. The van der Waals surface area contributed by atoms with Crippen molar-refractivity contribution in [3.8, 4) is 0 Å². The first-order valence-corrected chi connectivity index (χ1v) is 3.35. The van der Waals surface area contributed by atoms with E-state index in [4.69, 9.17) is 5.11 Å². The summed E-state index contributed by atoms with van der Waals surface area (Å²) >= 11 is 0. The van der Waals surface area contributed by atoms with Gasteiger partial charge in [0, 0.05) is 6.92 Å². The molecule has 0 aliphatic rings. The maximum absolute atomic E-state index is 10.7. The van der Waals surface area contributed by atoms with Crippen molar-refractivity contribution in [3.63, 3.8) is 0 Å². The van der Waals surface area contributed by atoms with E-state index in [1.165, 1.54) is 0 Å². The van der Waals surface area contributed by atoms with Crippen LogP contribution in [0.25, 0.3) is 0 Å². The molecule has 0 aromatic rings. The van der Waals surface area contributed by atoms with Crippen LogP contribution in [0, 0.1) is 5.92 Å². The highest BCUT2D eigenvalue weighted by Crippen LogP contribution is 2.02. The Hall–Kier alpha value is -0.900. The molecular weight excluding hydrogens is 148 g/mol. The lowest BCUT2D eigenvalue weighted by Gasteiger charge is -2.10. The average molecular weight is 160 g/mol. The summed E-state index contributed by atoms with van der Waals surface area (Å²) in [5.74, 6) is -1.82. The summed E-state index contributed by atoms with van der Waals surface area (Å²) < 4.78 is 4.15. The Kier molecular flexibility index (Phi) is 3.74. The lowest BCUT2D eigenvalue weighted by atomic mass is 10.1. The van der Waals surface area contributed by atoms with E-state index in [2.05, 4.69) is 4.74 Å². The molecule has 0 aromatic heterocycles. The highest BCUT2D eigenvalue weighted by Gasteiger charge is 2.21. The van der Waals surface area contributed by atoms with E-state index < -0.39 is 18.0 Å². The Morgan fingerprint density at radius 1 is 1.36 bits per heavy atom. The number of carbonyl (C=O) groups excluding carboxylic acids is 2. The highest BCUT2D eigenvalue weighted by molar-refractivity contribution is 5.86. The largest absolute Gasteiger partial charge is 0.391 e. The van der Waals surface area contributed by atoms with E-state index >= 15 is 0 Å². The first-order chi connectivity index (χ1) is 4.95. The van der Waals surface area contributed by atoms with Crippen molar-refractivity contribution < 1.29 is 19.4 Å². The number of carbonyl (C=O) groups is 2. The summed E-state index contributed by atoms with van der Waals surface area (Å²) in [7, 11) is 0. The molecule has 0 saturated heterocycles. The van der Waals surface area contributed by atoms with Crippen molar-refractivity contribution >= 4 is 11.9 Å². The van der Waals surface area contributed by atoms with Gasteiger partial charge in [-0.15, -0.1) is 0 Å². The third kappa shape index (κ3) is 3.72. The summed E-state index contributed by atoms with van der Waals surface area (Å²) in [4.78, 5) is 20.9. The molecule has 0 aliphatic heterocycles. The molecule has 64 valence electrons. The second-order valence-electron chi connectivity index (χ2n) is 2.60. The van der Waals surface area contributed by atoms with Crippen LogP contribution in [0.15, 0.2) is 0 Å². The number of aliphatic hydroxyl groups is 1. The van der Waals surface area contributed by atoms with Gasteiger partial charge in [-0.05, 0) is 5.92 Å². The fourth-order valence-electron chi connectivity index (χ4n) is 0.474. The van der Waals surface area contributed by atoms with E-state index in [1.807, 2.05) is 0 Å². The van der Waals surface area contributed by atoms with Crippen LogP contribution in [-0.4, -0.2) is 23.1 Å². The van der Waals surface area contributed by atoms with Crippen LogP contribution in [0.2, 0.25) is 0 Å². The van der Waals surface area contributed by atoms with Crippen LogP contribution in [-0.2, 0) is 14.3 Å². The Bertz CT molecular complexity index is 162. The average Bonchev–Trinajstić information content (AvgIpc) is 1.84. The first-order valence-electron chi connectivity index (χ1n) is 3.35. The molecule has 0 fully saturated rings. The summed E-state index contributed by atoms with van der Waals surface area (Å²) in [5.41, 5.74) is 0. The van der Waals surface area contributed by atoms with Crippen molar-refractivity contribution in [2.75, 3.05) is 0 Å². The molecule has 1 unspecified atom stereocenters. The Balaban J connectivity index is 3.93. The van der Waals surface area contributed by atoms with Gasteiger partial charge in [0.15, 0.2) is 6.10 Å². The quantitative estimate of drug-likeness (QED) is 0.459. The monoisotopic (exact) mass is 160 g/mol. The zero-order valence-corrected chi connectivity index (χ0v) is 6.83. The number of ether oxygens (including phenoxy) is 1. The maximum atomic E-state index is 10.7. The van der Waals surface area contributed by atoms with Crippen molar-refractivity contribution in [3.05, 3.63) is 0 Å². The fraction of sp³-hybridized carbons (Fsp3) is 0.714. The van der Waals surface area contributed by atoms with E-state index in [1.54, 1.807) is 13.8 Å². The smallest absolute Gasteiger partial charge is 0.342 e. The molecule has 1 atom stereocenters. The van der Waals surface area contributed by atoms with Gasteiger partial charge in [0.1, 0.15) is 0 Å². The topological polar surface area (TPSA) is 63.6 Å². The number of rotatable bonds is 2. The third-order valence-electron chi connectivity index (χ3n) is 1.12. The normalized spacial score (nSPS) is 12.8. The summed E-state index contributed by atoms with van der Waals surface area (Å²) in [6, 6.07) is 0. The van der Waals surface area contributed by atoms with Crippen LogP contribution in [0.1, 0.15) is 20.8 Å². The van der Waals surface area contributed by atoms with Gasteiger partial charge in [0.25, 0.3) is 0 Å². The molecule has 0 spiro atoms. The minimum Gasteiger partial charge on any atom is -0.391 e. The zero-order valence-electron chi connectivity index (χ0n) is 6.83. The number of hydrogen-bond acceptors (Lipinski definition) is 4. The molecule has 0 aromatic carbocycles. The molecule has 4 nitrogen and oxygen atoms in total. The van der Waals surface area contributed by atoms with Gasteiger partial charge >= 0.3 is 11.9 Å². The van der Waals surface area contributed by atoms with Gasteiger partial charge in [-0.1, -0.05) is 13.8 Å². The van der Waals surface area contributed by atoms with Gasteiger partial charge in [0.2, 0.25) is 0 Å². The predicted molar refractivity (Wildman–Crippen MR) is 37.6 cm³/mol. The molecular formula is C7H12O4. The number of esters is 2. The van der Waals surface area contributed by atoms with E-state index in [9.17, 15) is 9.59 Å². The lowest BCUT2D eigenvalue weighted by Crippen LogP contribution is -2.29. The van der Waals surface area contributed by atoms with Crippen LogP contribution in [0.4, 0.5) is 0 Å². The molecule has 0 rings (SSSR count). The second kappa shape index (κ2) is 4.08. The van der Waals surface area contributed by atoms with Crippen molar-refractivity contribution in [2.45, 2.75) is 26.9 Å². The number of hydrogen-bond donors (Lipinski definition) is 1. The van der Waals surface area contributed by atoms with Crippen LogP contribution >= 0.6 is 0 Å². The molecule has 0 saturated carbocycles. The summed E-state index contributed by atoms with van der Waals surface area (Å²) in [6.45, 7) is 4.43. The lowest BCUT2D eigenvalue weighted by molar-refractivity contribution is -0.166. The zero-order chi connectivity index (χ0) is 9.02.